The minimum absolute atomic E-state index is 0.146. The van der Waals surface area contributed by atoms with Gasteiger partial charge in [-0.15, -0.1) is 0 Å². The Balaban J connectivity index is 2.58. The van der Waals surface area contributed by atoms with Crippen LogP contribution in [0.2, 0.25) is 0 Å². The summed E-state index contributed by atoms with van der Waals surface area (Å²) >= 11 is 5.52. The standard InChI is InChI=1S/C16H24N2OS/c1-6-10-19-13-9-7-8-12-14(13)17-15(20)18(12)11(2)16(3,4)5/h7-9,11H,6,10H2,1-5H3,(H,17,20). The number of hydrogen-bond acceptors (Lipinski definition) is 2. The number of hydrogen-bond donors (Lipinski definition) is 1. The Morgan fingerprint density at radius 2 is 2.05 bits per heavy atom. The summed E-state index contributed by atoms with van der Waals surface area (Å²) in [5, 5.41) is 0. The molecule has 1 unspecified atom stereocenters. The van der Waals surface area contributed by atoms with E-state index in [9.17, 15) is 0 Å². The average molecular weight is 292 g/mol. The number of H-pyrrole nitrogens is 1. The Hall–Kier alpha value is -1.29. The zero-order valence-corrected chi connectivity index (χ0v) is 13.8. The predicted molar refractivity (Wildman–Crippen MR) is 87.1 cm³/mol. The summed E-state index contributed by atoms with van der Waals surface area (Å²) in [4.78, 5) is 3.31. The van der Waals surface area contributed by atoms with Gasteiger partial charge in [0.05, 0.1) is 12.1 Å². The Labute approximate surface area is 126 Å². The van der Waals surface area contributed by atoms with Gasteiger partial charge in [0.25, 0.3) is 0 Å². The molecule has 0 saturated heterocycles. The third-order valence-corrected chi connectivity index (χ3v) is 4.12. The fourth-order valence-corrected chi connectivity index (χ4v) is 2.59. The first-order valence-electron chi connectivity index (χ1n) is 7.22. The van der Waals surface area contributed by atoms with Crippen LogP contribution in [-0.2, 0) is 0 Å². The number of nitrogens with zero attached hydrogens (tertiary/aromatic N) is 1. The van der Waals surface area contributed by atoms with Crippen LogP contribution in [0, 0.1) is 10.2 Å². The molecule has 0 fully saturated rings. The fraction of sp³-hybridized carbons (Fsp3) is 0.562. The van der Waals surface area contributed by atoms with E-state index in [-0.39, 0.29) is 5.41 Å². The number of nitrogens with one attached hydrogen (secondary N) is 1. The third kappa shape index (κ3) is 2.75. The largest absolute Gasteiger partial charge is 0.491 e. The lowest BCUT2D eigenvalue weighted by atomic mass is 9.88. The average Bonchev–Trinajstić information content (AvgIpc) is 2.70. The van der Waals surface area contributed by atoms with Crippen molar-refractivity contribution in [3.05, 3.63) is 23.0 Å². The first kappa shape index (κ1) is 15.1. The number of fused-ring (bicyclic) bond motifs is 1. The molecule has 0 aliphatic rings. The first-order chi connectivity index (χ1) is 9.36. The molecule has 0 saturated carbocycles. The van der Waals surface area contributed by atoms with Crippen LogP contribution in [0.1, 0.15) is 47.1 Å². The van der Waals surface area contributed by atoms with Crippen molar-refractivity contribution < 1.29 is 4.74 Å². The lowest BCUT2D eigenvalue weighted by Crippen LogP contribution is -2.21. The minimum Gasteiger partial charge on any atom is -0.491 e. The Kier molecular flexibility index (Phi) is 4.23. The van der Waals surface area contributed by atoms with Crippen LogP contribution in [0.25, 0.3) is 11.0 Å². The lowest BCUT2D eigenvalue weighted by molar-refractivity contribution is 0.265. The molecular formula is C16H24N2OS. The van der Waals surface area contributed by atoms with Crippen LogP contribution < -0.4 is 4.74 Å². The van der Waals surface area contributed by atoms with E-state index in [1.165, 1.54) is 0 Å². The molecule has 0 aliphatic carbocycles. The molecule has 1 aromatic heterocycles. The summed E-state index contributed by atoms with van der Waals surface area (Å²) in [5.41, 5.74) is 2.27. The summed E-state index contributed by atoms with van der Waals surface area (Å²) in [5.74, 6) is 0.885. The maximum absolute atomic E-state index is 5.81. The Bertz CT molecular complexity index is 649. The van der Waals surface area contributed by atoms with E-state index in [0.717, 1.165) is 34.6 Å². The van der Waals surface area contributed by atoms with Crippen molar-refractivity contribution in [2.24, 2.45) is 5.41 Å². The number of benzene rings is 1. The van der Waals surface area contributed by atoms with Gasteiger partial charge in [0.1, 0.15) is 11.3 Å². The van der Waals surface area contributed by atoms with Gasteiger partial charge >= 0.3 is 0 Å². The van der Waals surface area contributed by atoms with E-state index < -0.39 is 0 Å². The van der Waals surface area contributed by atoms with Gasteiger partial charge in [0.2, 0.25) is 0 Å². The quantitative estimate of drug-likeness (QED) is 0.795. The molecule has 0 amide bonds. The number of ether oxygens (including phenoxy) is 1. The van der Waals surface area contributed by atoms with Crippen LogP contribution in [0.4, 0.5) is 0 Å². The number of aromatic nitrogens is 2. The van der Waals surface area contributed by atoms with Crippen LogP contribution in [0.3, 0.4) is 0 Å². The summed E-state index contributed by atoms with van der Waals surface area (Å²) in [6.45, 7) is 11.7. The second-order valence-electron chi connectivity index (χ2n) is 6.34. The van der Waals surface area contributed by atoms with Crippen molar-refractivity contribution in [3.63, 3.8) is 0 Å². The molecule has 0 aliphatic heterocycles. The smallest absolute Gasteiger partial charge is 0.178 e. The normalized spacial score (nSPS) is 13.7. The Morgan fingerprint density at radius 3 is 2.65 bits per heavy atom. The number of aromatic amines is 1. The predicted octanol–water partition coefficient (Wildman–Crippen LogP) is 5.09. The molecule has 0 spiro atoms. The molecule has 2 aromatic rings. The van der Waals surface area contributed by atoms with Gasteiger partial charge in [0.15, 0.2) is 4.77 Å². The van der Waals surface area contributed by atoms with Gasteiger partial charge in [-0.1, -0.05) is 33.8 Å². The number of para-hydroxylation sites is 1. The molecule has 2 rings (SSSR count). The van der Waals surface area contributed by atoms with E-state index in [1.807, 2.05) is 12.1 Å². The van der Waals surface area contributed by atoms with Gasteiger partial charge in [-0.05, 0) is 43.1 Å². The van der Waals surface area contributed by atoms with Gasteiger partial charge in [-0.2, -0.15) is 0 Å². The molecular weight excluding hydrogens is 268 g/mol. The second kappa shape index (κ2) is 5.60. The zero-order valence-electron chi connectivity index (χ0n) is 13.0. The van der Waals surface area contributed by atoms with E-state index >= 15 is 0 Å². The molecule has 1 aromatic carbocycles. The molecule has 1 N–H and O–H groups in total. The van der Waals surface area contributed by atoms with E-state index in [1.54, 1.807) is 0 Å². The van der Waals surface area contributed by atoms with Crippen molar-refractivity contribution in [1.29, 1.82) is 0 Å². The van der Waals surface area contributed by atoms with Crippen molar-refractivity contribution in [3.8, 4) is 5.75 Å². The summed E-state index contributed by atoms with van der Waals surface area (Å²) in [6.07, 6.45) is 0.996. The topological polar surface area (TPSA) is 29.9 Å². The molecule has 0 bridgehead atoms. The Morgan fingerprint density at radius 1 is 1.35 bits per heavy atom. The summed E-state index contributed by atoms with van der Waals surface area (Å²) < 4.78 is 8.77. The minimum atomic E-state index is 0.146. The van der Waals surface area contributed by atoms with Crippen molar-refractivity contribution in [2.75, 3.05) is 6.61 Å². The van der Waals surface area contributed by atoms with Gasteiger partial charge < -0.3 is 14.3 Å². The van der Waals surface area contributed by atoms with Crippen LogP contribution in [0.5, 0.6) is 5.75 Å². The highest BCUT2D eigenvalue weighted by Crippen LogP contribution is 2.35. The van der Waals surface area contributed by atoms with E-state index in [4.69, 9.17) is 17.0 Å². The van der Waals surface area contributed by atoms with Gasteiger partial charge in [-0.25, -0.2) is 0 Å². The fourth-order valence-electron chi connectivity index (χ4n) is 2.23. The zero-order chi connectivity index (χ0) is 14.9. The maximum Gasteiger partial charge on any atom is 0.178 e. The monoisotopic (exact) mass is 292 g/mol. The highest BCUT2D eigenvalue weighted by atomic mass is 32.1. The highest BCUT2D eigenvalue weighted by Gasteiger charge is 2.24. The summed E-state index contributed by atoms with van der Waals surface area (Å²) in [6, 6.07) is 6.44. The van der Waals surface area contributed by atoms with E-state index in [0.29, 0.717) is 6.04 Å². The van der Waals surface area contributed by atoms with Crippen LogP contribution >= 0.6 is 12.2 Å². The van der Waals surface area contributed by atoms with Crippen molar-refractivity contribution in [1.82, 2.24) is 9.55 Å². The molecule has 0 radical (unpaired) electrons. The van der Waals surface area contributed by atoms with Gasteiger partial charge in [0, 0.05) is 6.04 Å². The number of rotatable bonds is 4. The molecule has 1 heterocycles. The maximum atomic E-state index is 5.81. The SMILES string of the molecule is CCCOc1cccc2c1[nH]c(=S)n2C(C)C(C)(C)C. The third-order valence-electron chi connectivity index (χ3n) is 3.82. The molecule has 3 nitrogen and oxygen atoms in total. The van der Waals surface area contributed by atoms with Crippen LogP contribution in [0.15, 0.2) is 18.2 Å². The molecule has 4 heteroatoms. The summed E-state index contributed by atoms with van der Waals surface area (Å²) in [7, 11) is 0. The lowest BCUT2D eigenvalue weighted by Gasteiger charge is -2.29. The number of imidazole rings is 1. The first-order valence-corrected chi connectivity index (χ1v) is 7.63. The van der Waals surface area contributed by atoms with Gasteiger partial charge in [-0.3, -0.25) is 0 Å². The van der Waals surface area contributed by atoms with Crippen molar-refractivity contribution >= 4 is 23.3 Å². The molecule has 1 atom stereocenters. The molecule has 110 valence electrons. The molecule has 20 heavy (non-hydrogen) atoms. The highest BCUT2D eigenvalue weighted by molar-refractivity contribution is 7.71. The van der Waals surface area contributed by atoms with Crippen molar-refractivity contribution in [2.45, 2.75) is 47.1 Å². The second-order valence-corrected chi connectivity index (χ2v) is 6.73. The van der Waals surface area contributed by atoms with E-state index in [2.05, 4.69) is 50.2 Å². The van der Waals surface area contributed by atoms with Crippen LogP contribution in [-0.4, -0.2) is 16.2 Å².